The molecule has 2 aromatic rings. The van der Waals surface area contributed by atoms with Gasteiger partial charge in [0.15, 0.2) is 0 Å². The molecule has 3 amide bonds. The van der Waals surface area contributed by atoms with Crippen molar-refractivity contribution >= 4 is 35.1 Å². The third-order valence-corrected chi connectivity index (χ3v) is 6.47. The van der Waals surface area contributed by atoms with Crippen molar-refractivity contribution in [1.82, 2.24) is 14.8 Å². The van der Waals surface area contributed by atoms with Crippen molar-refractivity contribution in [3.8, 4) is 11.5 Å². The van der Waals surface area contributed by atoms with Crippen LogP contribution in [0.2, 0.25) is 0 Å². The molecule has 1 fully saturated rings. The van der Waals surface area contributed by atoms with Gasteiger partial charge >= 0.3 is 12.0 Å². The number of nitrogens with zero attached hydrogens (tertiary/aromatic N) is 6. The Labute approximate surface area is 203 Å². The number of nitrogens with one attached hydrogen (secondary N) is 1. The molecule has 0 bridgehead atoms. The number of ether oxygens (including phenoxy) is 1. The number of amidine groups is 1. The van der Waals surface area contributed by atoms with E-state index in [4.69, 9.17) is 9.84 Å². The minimum absolute atomic E-state index is 0.114. The molecule has 0 spiro atoms. The molecule has 35 heavy (non-hydrogen) atoms. The van der Waals surface area contributed by atoms with E-state index in [-0.39, 0.29) is 18.0 Å². The van der Waals surface area contributed by atoms with Crippen molar-refractivity contribution < 1.29 is 18.9 Å². The van der Waals surface area contributed by atoms with Crippen molar-refractivity contribution in [2.24, 2.45) is 10.1 Å². The van der Waals surface area contributed by atoms with E-state index in [1.165, 1.54) is 11.9 Å². The fraction of sp³-hybridized carbons (Fsp3) is 0.320. The molecule has 2 atom stereocenters. The second kappa shape index (κ2) is 8.86. The van der Waals surface area contributed by atoms with Crippen LogP contribution in [0.3, 0.4) is 0 Å². The lowest BCUT2D eigenvalue weighted by molar-refractivity contribution is -0.559. The van der Waals surface area contributed by atoms with Gasteiger partial charge in [-0.25, -0.2) is 9.37 Å². The number of urea groups is 1. The van der Waals surface area contributed by atoms with Crippen LogP contribution in [-0.2, 0) is 4.79 Å². The summed E-state index contributed by atoms with van der Waals surface area (Å²) in [5.74, 6) is 2.30. The third-order valence-electron chi connectivity index (χ3n) is 6.47. The minimum Gasteiger partial charge on any atom is -0.457 e. The number of para-hydroxylation sites is 1. The van der Waals surface area contributed by atoms with Crippen LogP contribution in [0, 0.1) is 0 Å². The van der Waals surface area contributed by atoms with Gasteiger partial charge in [-0.3, -0.25) is 14.6 Å². The molecule has 180 valence electrons. The number of anilines is 1. The van der Waals surface area contributed by atoms with Crippen LogP contribution < -0.4 is 10.1 Å². The second-order valence-corrected chi connectivity index (χ2v) is 8.73. The zero-order chi connectivity index (χ0) is 24.7. The quantitative estimate of drug-likeness (QED) is 0.650. The molecule has 0 aliphatic carbocycles. The molecule has 0 aromatic heterocycles. The van der Waals surface area contributed by atoms with Gasteiger partial charge in [0.1, 0.15) is 24.1 Å². The number of guanidine groups is 1. The summed E-state index contributed by atoms with van der Waals surface area (Å²) in [6.07, 6.45) is 0. The third kappa shape index (κ3) is 4.01. The van der Waals surface area contributed by atoms with E-state index in [9.17, 15) is 9.59 Å². The van der Waals surface area contributed by atoms with Gasteiger partial charge in [0.25, 0.3) is 5.91 Å². The number of likely N-dealkylation sites (N-methyl/N-ethyl adjacent to an activating group) is 2. The number of amides is 3. The molecule has 1 saturated heterocycles. The number of rotatable bonds is 6. The van der Waals surface area contributed by atoms with E-state index >= 15 is 0 Å². The van der Waals surface area contributed by atoms with Gasteiger partial charge in [-0.2, -0.15) is 0 Å². The zero-order valence-electron chi connectivity index (χ0n) is 20.2. The van der Waals surface area contributed by atoms with Crippen molar-refractivity contribution in [1.29, 1.82) is 0 Å². The fourth-order valence-electron chi connectivity index (χ4n) is 4.38. The summed E-state index contributed by atoms with van der Waals surface area (Å²) in [4.78, 5) is 32.7. The number of carbonyl (C=O) groups is 2. The smallest absolute Gasteiger partial charge is 0.417 e. The topological polar surface area (TPSA) is 92.8 Å². The highest BCUT2D eigenvalue weighted by atomic mass is 16.5. The number of aliphatic imine (C=N–C) groups is 1. The van der Waals surface area contributed by atoms with E-state index < -0.39 is 6.04 Å². The maximum atomic E-state index is 13.0. The number of benzene rings is 2. The second-order valence-electron chi connectivity index (χ2n) is 8.73. The lowest BCUT2D eigenvalue weighted by atomic mass is 10.1. The normalized spacial score (nSPS) is 21.5. The Bertz CT molecular complexity index is 1250. The number of fused-ring (bicyclic) bond motifs is 2. The molecule has 2 aromatic carbocycles. The van der Waals surface area contributed by atoms with Gasteiger partial charge in [-0.05, 0) is 50.2 Å². The standard InChI is InChI=1S/C25H28N7O3/c1-16-17(2)32-21-22(29(3)25(34)30(4)23(21)33)27-24(32)31(28-16)15-14-26-18-10-12-20(13-11-18)35-19-8-6-5-7-9-19/h5-13,17,21,26H,14-15H2,1-4H3/q+1. The van der Waals surface area contributed by atoms with Crippen LogP contribution in [0.1, 0.15) is 13.8 Å². The molecule has 2 unspecified atom stereocenters. The Morgan fingerprint density at radius 1 is 1.00 bits per heavy atom. The lowest BCUT2D eigenvalue weighted by Gasteiger charge is -2.33. The van der Waals surface area contributed by atoms with Crippen molar-refractivity contribution in [3.05, 3.63) is 54.6 Å². The van der Waals surface area contributed by atoms with E-state index in [0.717, 1.165) is 27.8 Å². The number of carbonyl (C=O) groups excluding carboxylic acids is 2. The number of hydrazone groups is 1. The Kier molecular flexibility index (Phi) is 5.72. The SMILES string of the molecule is CC1=NN(CCNc2ccc(Oc3ccccc3)cc2)C2=[N+](C1C)C1C(=O)N(C)C(=O)N(C)C1=N2. The summed E-state index contributed by atoms with van der Waals surface area (Å²) < 4.78 is 7.80. The molecule has 10 nitrogen and oxygen atoms in total. The predicted octanol–water partition coefficient (Wildman–Crippen LogP) is 2.64. The summed E-state index contributed by atoms with van der Waals surface area (Å²) >= 11 is 0. The Balaban J connectivity index is 1.28. The number of hydrogen-bond donors (Lipinski definition) is 1. The maximum absolute atomic E-state index is 13.0. The van der Waals surface area contributed by atoms with Crippen molar-refractivity contribution in [2.75, 3.05) is 32.5 Å². The average molecular weight is 475 g/mol. The van der Waals surface area contributed by atoms with E-state index in [1.54, 1.807) is 12.1 Å². The highest BCUT2D eigenvalue weighted by Gasteiger charge is 2.55. The first-order valence-corrected chi connectivity index (χ1v) is 11.5. The summed E-state index contributed by atoms with van der Waals surface area (Å²) in [7, 11) is 3.15. The minimum atomic E-state index is -0.634. The molecule has 3 aliphatic rings. The summed E-state index contributed by atoms with van der Waals surface area (Å²) in [5.41, 5.74) is 1.83. The largest absolute Gasteiger partial charge is 0.457 e. The van der Waals surface area contributed by atoms with E-state index in [1.807, 2.05) is 73.0 Å². The molecule has 5 rings (SSSR count). The van der Waals surface area contributed by atoms with Crippen LogP contribution in [-0.4, -0.2) is 88.1 Å². The van der Waals surface area contributed by atoms with Gasteiger partial charge in [-0.1, -0.05) is 23.2 Å². The molecule has 3 heterocycles. The highest BCUT2D eigenvalue weighted by Crippen LogP contribution is 2.25. The monoisotopic (exact) mass is 474 g/mol. The predicted molar refractivity (Wildman–Crippen MR) is 133 cm³/mol. The Hall–Kier alpha value is -4.21. The Morgan fingerprint density at radius 3 is 2.40 bits per heavy atom. The molecule has 10 heteroatoms. The van der Waals surface area contributed by atoms with Crippen LogP contribution in [0.4, 0.5) is 10.5 Å². The average Bonchev–Trinajstić information content (AvgIpc) is 3.27. The number of hydrogen-bond acceptors (Lipinski definition) is 7. The van der Waals surface area contributed by atoms with Crippen LogP contribution in [0.15, 0.2) is 64.7 Å². The van der Waals surface area contributed by atoms with Crippen LogP contribution >= 0.6 is 0 Å². The van der Waals surface area contributed by atoms with Crippen LogP contribution in [0.5, 0.6) is 11.5 Å². The summed E-state index contributed by atoms with van der Waals surface area (Å²) in [5, 5.41) is 9.91. The lowest BCUT2D eigenvalue weighted by Crippen LogP contribution is -2.63. The number of imide groups is 1. The molecular formula is C25H28N7O3+. The fourth-order valence-corrected chi connectivity index (χ4v) is 4.38. The maximum Gasteiger partial charge on any atom is 0.417 e. The molecule has 3 aliphatic heterocycles. The highest BCUT2D eigenvalue weighted by molar-refractivity contribution is 6.23. The van der Waals surface area contributed by atoms with Gasteiger partial charge < -0.3 is 10.1 Å². The van der Waals surface area contributed by atoms with Crippen molar-refractivity contribution in [3.63, 3.8) is 0 Å². The molecule has 0 saturated carbocycles. The van der Waals surface area contributed by atoms with Gasteiger partial charge in [0.2, 0.25) is 11.9 Å². The van der Waals surface area contributed by atoms with Gasteiger partial charge in [0, 0.05) is 26.3 Å². The van der Waals surface area contributed by atoms with Gasteiger partial charge in [-0.15, -0.1) is 10.1 Å². The summed E-state index contributed by atoms with van der Waals surface area (Å²) in [6, 6.07) is 16.3. The summed E-state index contributed by atoms with van der Waals surface area (Å²) in [6.45, 7) is 5.07. The van der Waals surface area contributed by atoms with E-state index in [0.29, 0.717) is 24.9 Å². The first kappa shape index (κ1) is 22.6. The molecule has 1 N–H and O–H groups in total. The van der Waals surface area contributed by atoms with Gasteiger partial charge in [0.05, 0.1) is 5.71 Å². The van der Waals surface area contributed by atoms with Crippen LogP contribution in [0.25, 0.3) is 0 Å². The first-order valence-electron chi connectivity index (χ1n) is 11.5. The molecular weight excluding hydrogens is 446 g/mol. The Morgan fingerprint density at radius 2 is 1.69 bits per heavy atom. The van der Waals surface area contributed by atoms with E-state index in [2.05, 4.69) is 10.3 Å². The molecule has 0 radical (unpaired) electrons. The zero-order valence-corrected chi connectivity index (χ0v) is 20.2. The van der Waals surface area contributed by atoms with Crippen molar-refractivity contribution in [2.45, 2.75) is 25.9 Å². The first-order chi connectivity index (χ1) is 16.8.